The van der Waals surface area contributed by atoms with E-state index in [1.54, 1.807) is 0 Å². The van der Waals surface area contributed by atoms with Crippen LogP contribution >= 0.6 is 11.6 Å². The van der Waals surface area contributed by atoms with Crippen LogP contribution < -0.4 is 16.4 Å². The Kier molecular flexibility index (Phi) is 10.1. The number of aromatic nitrogens is 1. The fraction of sp³-hybridized carbons (Fsp3) is 0.320. The van der Waals surface area contributed by atoms with Crippen LogP contribution in [-0.4, -0.2) is 54.2 Å². The number of likely N-dealkylation sites (N-methyl/N-ethyl adjacent to an activating group) is 1. The van der Waals surface area contributed by atoms with E-state index in [-0.39, 0.29) is 36.8 Å². The second-order valence-corrected chi connectivity index (χ2v) is 8.87. The summed E-state index contributed by atoms with van der Waals surface area (Å²) in [5, 5.41) is 6.00. The van der Waals surface area contributed by atoms with Crippen LogP contribution in [0.3, 0.4) is 0 Å². The quantitative estimate of drug-likeness (QED) is 0.294. The van der Waals surface area contributed by atoms with Crippen LogP contribution in [0.1, 0.15) is 18.4 Å². The maximum Gasteiger partial charge on any atom is 0.412 e. The van der Waals surface area contributed by atoms with E-state index < -0.39 is 42.3 Å². The van der Waals surface area contributed by atoms with Gasteiger partial charge in [0.1, 0.15) is 24.1 Å². The zero-order valence-electron chi connectivity index (χ0n) is 20.3. The number of halogens is 5. The molecular formula is C25H26ClF4N5O3. The van der Waals surface area contributed by atoms with Crippen LogP contribution in [0, 0.1) is 11.6 Å². The van der Waals surface area contributed by atoms with E-state index in [1.807, 2.05) is 0 Å². The van der Waals surface area contributed by atoms with Crippen LogP contribution in [0.4, 0.5) is 33.0 Å². The molecule has 2 atom stereocenters. The van der Waals surface area contributed by atoms with Gasteiger partial charge in [0.25, 0.3) is 6.43 Å². The molecule has 204 valence electrons. The Bertz CT molecular complexity index is 1280. The predicted molar refractivity (Wildman–Crippen MR) is 135 cm³/mol. The normalized spacial score (nSPS) is 12.7. The van der Waals surface area contributed by atoms with Crippen LogP contribution in [0.15, 0.2) is 48.7 Å². The van der Waals surface area contributed by atoms with E-state index in [9.17, 15) is 27.2 Å². The highest BCUT2D eigenvalue weighted by Crippen LogP contribution is 2.20. The molecule has 0 saturated carbocycles. The van der Waals surface area contributed by atoms with Crippen molar-refractivity contribution in [1.82, 2.24) is 15.2 Å². The van der Waals surface area contributed by atoms with Crippen molar-refractivity contribution >= 4 is 40.3 Å². The van der Waals surface area contributed by atoms with Crippen LogP contribution in [0.2, 0.25) is 5.02 Å². The summed E-state index contributed by atoms with van der Waals surface area (Å²) in [5.74, 6) is -0.999. The number of ether oxygens (including phenoxy) is 1. The number of carbonyl (C=O) groups is 2. The van der Waals surface area contributed by atoms with Gasteiger partial charge in [0.05, 0.1) is 17.1 Å². The number of alkyl halides is 2. The molecule has 0 bridgehead atoms. The highest BCUT2D eigenvalue weighted by Gasteiger charge is 2.25. The molecule has 1 aromatic heterocycles. The zero-order valence-corrected chi connectivity index (χ0v) is 21.0. The minimum Gasteiger partial charge on any atom is -0.447 e. The Morgan fingerprint density at radius 3 is 2.63 bits per heavy atom. The lowest BCUT2D eigenvalue weighted by atomic mass is 10.1. The maximum atomic E-state index is 13.7. The van der Waals surface area contributed by atoms with Crippen molar-refractivity contribution in [1.29, 1.82) is 0 Å². The van der Waals surface area contributed by atoms with Gasteiger partial charge in [0, 0.05) is 25.2 Å². The molecule has 3 rings (SSSR count). The van der Waals surface area contributed by atoms with Crippen molar-refractivity contribution in [3.63, 3.8) is 0 Å². The summed E-state index contributed by atoms with van der Waals surface area (Å²) in [5.41, 5.74) is 5.78. The van der Waals surface area contributed by atoms with Gasteiger partial charge < -0.3 is 20.7 Å². The van der Waals surface area contributed by atoms with Gasteiger partial charge in [0.2, 0.25) is 0 Å². The predicted octanol–water partition coefficient (Wildman–Crippen LogP) is 5.30. The van der Waals surface area contributed by atoms with E-state index in [2.05, 4.69) is 15.6 Å². The minimum absolute atomic E-state index is 0.00305. The first-order valence-electron chi connectivity index (χ1n) is 11.5. The molecule has 0 saturated heterocycles. The Labute approximate surface area is 221 Å². The van der Waals surface area contributed by atoms with Gasteiger partial charge >= 0.3 is 12.1 Å². The summed E-state index contributed by atoms with van der Waals surface area (Å²) in [7, 11) is 1.39. The van der Waals surface area contributed by atoms with Crippen molar-refractivity contribution in [2.24, 2.45) is 5.73 Å². The average Bonchev–Trinajstić information content (AvgIpc) is 2.88. The van der Waals surface area contributed by atoms with Gasteiger partial charge in [-0.1, -0.05) is 23.7 Å². The SMILES string of the molecule is CN(C(=O)NCc1cccc(F)c1Cl)C(CCC(N)C(F)F)COC(=O)Nc1cc2cc(F)ccc2cn1. The lowest BCUT2D eigenvalue weighted by molar-refractivity contribution is 0.0920. The molecule has 38 heavy (non-hydrogen) atoms. The molecule has 3 aromatic rings. The molecule has 2 unspecified atom stereocenters. The third kappa shape index (κ3) is 7.93. The number of pyridine rings is 1. The van der Waals surface area contributed by atoms with Gasteiger partial charge in [-0.05, 0) is 54.1 Å². The Morgan fingerprint density at radius 2 is 1.89 bits per heavy atom. The van der Waals surface area contributed by atoms with Crippen molar-refractivity contribution in [2.75, 3.05) is 19.0 Å². The summed E-state index contributed by atoms with van der Waals surface area (Å²) in [6.45, 7) is -0.451. The number of hydrogen-bond donors (Lipinski definition) is 3. The first-order valence-corrected chi connectivity index (χ1v) is 11.9. The largest absolute Gasteiger partial charge is 0.447 e. The third-order valence-electron chi connectivity index (χ3n) is 5.81. The number of carbonyl (C=O) groups excluding carboxylic acids is 2. The molecule has 1 heterocycles. The fourth-order valence-corrected chi connectivity index (χ4v) is 3.73. The van der Waals surface area contributed by atoms with E-state index in [4.69, 9.17) is 22.1 Å². The number of hydrogen-bond acceptors (Lipinski definition) is 5. The number of nitrogens with zero attached hydrogens (tertiary/aromatic N) is 2. The van der Waals surface area contributed by atoms with Gasteiger partial charge in [-0.2, -0.15) is 0 Å². The van der Waals surface area contributed by atoms with Gasteiger partial charge in [-0.15, -0.1) is 0 Å². The average molecular weight is 556 g/mol. The minimum atomic E-state index is -2.77. The molecule has 0 aliphatic heterocycles. The smallest absolute Gasteiger partial charge is 0.412 e. The van der Waals surface area contributed by atoms with Gasteiger partial charge in [-0.3, -0.25) is 5.32 Å². The summed E-state index contributed by atoms with van der Waals surface area (Å²) in [6, 6.07) is 6.81. The molecule has 3 amide bonds. The summed E-state index contributed by atoms with van der Waals surface area (Å²) in [6.07, 6.45) is -2.40. The number of urea groups is 1. The standard InChI is InChI=1S/C25H26ClF4N5O3/c1-35(24(36)33-12-15-3-2-4-19(28)22(15)26)18(7-8-20(31)23(29)30)13-38-25(37)34-21-10-16-9-17(27)6-5-14(16)11-32-21/h2-6,9-11,18,20,23H,7-8,12-13,31H2,1H3,(H,33,36)(H,32,34,37). The van der Waals surface area contributed by atoms with Crippen LogP contribution in [0.5, 0.6) is 0 Å². The van der Waals surface area contributed by atoms with E-state index in [0.29, 0.717) is 16.3 Å². The number of nitrogens with two attached hydrogens (primary N) is 1. The van der Waals surface area contributed by atoms with E-state index in [1.165, 1.54) is 60.6 Å². The molecule has 0 fully saturated rings. The van der Waals surface area contributed by atoms with E-state index >= 15 is 0 Å². The summed E-state index contributed by atoms with van der Waals surface area (Å²) < 4.78 is 58.2. The van der Waals surface area contributed by atoms with Crippen molar-refractivity contribution in [2.45, 2.75) is 37.9 Å². The fourth-order valence-electron chi connectivity index (χ4n) is 3.54. The first-order chi connectivity index (χ1) is 18.0. The molecule has 4 N–H and O–H groups in total. The highest BCUT2D eigenvalue weighted by atomic mass is 35.5. The molecule has 0 aliphatic carbocycles. The topological polar surface area (TPSA) is 110 Å². The molecule has 0 aliphatic rings. The Morgan fingerprint density at radius 1 is 1.13 bits per heavy atom. The lowest BCUT2D eigenvalue weighted by Gasteiger charge is -2.29. The Hall–Kier alpha value is -3.64. The van der Waals surface area contributed by atoms with Crippen LogP contribution in [-0.2, 0) is 11.3 Å². The molecule has 0 spiro atoms. The van der Waals surface area contributed by atoms with Gasteiger partial charge in [0.15, 0.2) is 0 Å². The van der Waals surface area contributed by atoms with E-state index in [0.717, 1.165) is 0 Å². The number of rotatable bonds is 10. The van der Waals surface area contributed by atoms with Crippen molar-refractivity contribution in [3.8, 4) is 0 Å². The number of fused-ring (bicyclic) bond motifs is 1. The van der Waals surface area contributed by atoms with Crippen molar-refractivity contribution in [3.05, 3.63) is 70.9 Å². The lowest BCUT2D eigenvalue weighted by Crippen LogP contribution is -2.46. The second kappa shape index (κ2) is 13.2. The van der Waals surface area contributed by atoms with Crippen molar-refractivity contribution < 1.29 is 31.9 Å². The number of anilines is 1. The number of nitrogens with one attached hydrogen (secondary N) is 2. The number of amides is 3. The molecule has 8 nitrogen and oxygen atoms in total. The molecule has 2 aromatic carbocycles. The monoisotopic (exact) mass is 555 g/mol. The molecule has 0 radical (unpaired) electrons. The zero-order chi connectivity index (χ0) is 27.8. The molecule has 13 heteroatoms. The summed E-state index contributed by atoms with van der Waals surface area (Å²) in [4.78, 5) is 30.3. The third-order valence-corrected chi connectivity index (χ3v) is 6.23. The van der Waals surface area contributed by atoms with Crippen LogP contribution in [0.25, 0.3) is 10.8 Å². The first kappa shape index (κ1) is 28.9. The molecular weight excluding hydrogens is 530 g/mol. The Balaban J connectivity index is 1.62. The van der Waals surface area contributed by atoms with Gasteiger partial charge in [-0.25, -0.2) is 32.1 Å². The number of benzene rings is 2. The second-order valence-electron chi connectivity index (χ2n) is 8.50. The summed E-state index contributed by atoms with van der Waals surface area (Å²) >= 11 is 5.91. The maximum absolute atomic E-state index is 13.7. The highest BCUT2D eigenvalue weighted by molar-refractivity contribution is 6.31.